The van der Waals surface area contributed by atoms with Gasteiger partial charge >= 0.3 is 0 Å². The Morgan fingerprint density at radius 1 is 0.917 bits per heavy atom. The molecule has 0 saturated heterocycles. The lowest BCUT2D eigenvalue weighted by Crippen LogP contribution is -2.34. The molecule has 186 valence electrons. The molecule has 0 aliphatic carbocycles. The van der Waals surface area contributed by atoms with E-state index in [2.05, 4.69) is 20.9 Å². The van der Waals surface area contributed by atoms with Crippen LogP contribution in [-0.4, -0.2) is 40.2 Å². The highest BCUT2D eigenvalue weighted by molar-refractivity contribution is 7.19. The average molecular weight is 504 g/mol. The molecule has 0 saturated carbocycles. The maximum absolute atomic E-state index is 12.7. The first-order chi connectivity index (χ1) is 17.1. The fourth-order valence-electron chi connectivity index (χ4n) is 3.47. The van der Waals surface area contributed by atoms with Crippen LogP contribution in [0, 0.1) is 12.3 Å². The number of anilines is 1. The van der Waals surface area contributed by atoms with Crippen molar-refractivity contribution in [3.63, 3.8) is 0 Å². The number of hydrogen-bond acceptors (Lipinski definition) is 5. The Kier molecular flexibility index (Phi) is 7.21. The number of aromatic nitrogens is 2. The van der Waals surface area contributed by atoms with E-state index in [1.165, 1.54) is 11.3 Å². The molecule has 0 radical (unpaired) electrons. The minimum absolute atomic E-state index is 0.0959. The lowest BCUT2D eigenvalue weighted by Gasteiger charge is -2.17. The molecule has 0 bridgehead atoms. The van der Waals surface area contributed by atoms with E-state index < -0.39 is 5.41 Å². The summed E-state index contributed by atoms with van der Waals surface area (Å²) in [7, 11) is 0. The summed E-state index contributed by atoms with van der Waals surface area (Å²) < 4.78 is 1.93. The number of hydrogen-bond donors (Lipinski definition) is 3. The topological polar surface area (TPSA) is 105 Å². The zero-order valence-corrected chi connectivity index (χ0v) is 21.5. The lowest BCUT2D eigenvalue weighted by molar-refractivity contribution is -0.123. The molecule has 0 aliphatic rings. The van der Waals surface area contributed by atoms with E-state index in [0.717, 1.165) is 21.9 Å². The Labute approximate surface area is 213 Å². The van der Waals surface area contributed by atoms with Crippen molar-refractivity contribution in [3.05, 3.63) is 76.9 Å². The second-order valence-electron chi connectivity index (χ2n) is 9.45. The number of fused-ring (bicyclic) bond motifs is 1. The highest BCUT2D eigenvalue weighted by Crippen LogP contribution is 2.27. The van der Waals surface area contributed by atoms with Crippen LogP contribution >= 0.6 is 11.3 Å². The SMILES string of the molecule is Cc1c(C(=O)NCCNC(=O)c2ccc(NC(=O)C(C)(C)C)cc2)sc2nc(-c3ccccc3)cn12. The van der Waals surface area contributed by atoms with Gasteiger partial charge in [0.25, 0.3) is 11.8 Å². The molecule has 3 amide bonds. The molecule has 36 heavy (non-hydrogen) atoms. The van der Waals surface area contributed by atoms with Gasteiger partial charge in [-0.05, 0) is 31.2 Å². The van der Waals surface area contributed by atoms with Crippen LogP contribution in [0.4, 0.5) is 5.69 Å². The zero-order valence-electron chi connectivity index (χ0n) is 20.7. The molecule has 8 nitrogen and oxygen atoms in total. The molecule has 4 rings (SSSR count). The van der Waals surface area contributed by atoms with E-state index in [0.29, 0.717) is 22.7 Å². The van der Waals surface area contributed by atoms with Crippen molar-refractivity contribution >= 4 is 39.7 Å². The van der Waals surface area contributed by atoms with Crippen molar-refractivity contribution in [2.24, 2.45) is 5.41 Å². The van der Waals surface area contributed by atoms with Crippen LogP contribution in [0.2, 0.25) is 0 Å². The summed E-state index contributed by atoms with van der Waals surface area (Å²) >= 11 is 1.34. The molecule has 2 aromatic carbocycles. The molecule has 3 N–H and O–H groups in total. The van der Waals surface area contributed by atoms with E-state index in [1.54, 1.807) is 24.3 Å². The molecule has 4 aromatic rings. The lowest BCUT2D eigenvalue weighted by atomic mass is 9.95. The van der Waals surface area contributed by atoms with Crippen LogP contribution < -0.4 is 16.0 Å². The van der Waals surface area contributed by atoms with Gasteiger partial charge in [0, 0.05) is 47.2 Å². The van der Waals surface area contributed by atoms with E-state index in [1.807, 2.05) is 68.6 Å². The second-order valence-corrected chi connectivity index (χ2v) is 10.4. The van der Waals surface area contributed by atoms with Crippen molar-refractivity contribution in [2.75, 3.05) is 18.4 Å². The molecule has 0 atom stereocenters. The van der Waals surface area contributed by atoms with Crippen LogP contribution in [0.1, 0.15) is 46.5 Å². The third kappa shape index (κ3) is 5.63. The van der Waals surface area contributed by atoms with Gasteiger partial charge in [-0.3, -0.25) is 18.8 Å². The summed E-state index contributed by atoms with van der Waals surface area (Å²) in [4.78, 5) is 43.2. The van der Waals surface area contributed by atoms with Crippen LogP contribution in [0.3, 0.4) is 0 Å². The third-order valence-electron chi connectivity index (χ3n) is 5.61. The smallest absolute Gasteiger partial charge is 0.263 e. The number of nitrogens with one attached hydrogen (secondary N) is 3. The molecular weight excluding hydrogens is 474 g/mol. The number of carbonyl (C=O) groups is 3. The van der Waals surface area contributed by atoms with Gasteiger partial charge in [-0.15, -0.1) is 0 Å². The number of rotatable bonds is 7. The van der Waals surface area contributed by atoms with E-state index in [-0.39, 0.29) is 24.3 Å². The van der Waals surface area contributed by atoms with E-state index >= 15 is 0 Å². The summed E-state index contributed by atoms with van der Waals surface area (Å²) in [5.74, 6) is -0.545. The van der Waals surface area contributed by atoms with Gasteiger partial charge in [0.1, 0.15) is 4.88 Å². The fourth-order valence-corrected chi connectivity index (χ4v) is 4.49. The number of amides is 3. The first-order valence-corrected chi connectivity index (χ1v) is 12.5. The molecule has 0 spiro atoms. The zero-order chi connectivity index (χ0) is 25.9. The maximum atomic E-state index is 12.7. The summed E-state index contributed by atoms with van der Waals surface area (Å²) in [5.41, 5.74) is 3.32. The second kappa shape index (κ2) is 10.3. The average Bonchev–Trinajstić information content (AvgIpc) is 3.41. The molecule has 2 aromatic heterocycles. The Hall–Kier alpha value is -3.98. The van der Waals surface area contributed by atoms with Gasteiger partial charge in [0.2, 0.25) is 5.91 Å². The van der Waals surface area contributed by atoms with Crippen LogP contribution in [0.5, 0.6) is 0 Å². The highest BCUT2D eigenvalue weighted by Gasteiger charge is 2.21. The molecule has 0 aliphatic heterocycles. The number of nitrogens with zero attached hydrogens (tertiary/aromatic N) is 2. The monoisotopic (exact) mass is 503 g/mol. The van der Waals surface area contributed by atoms with Gasteiger partial charge in [0.05, 0.1) is 5.69 Å². The summed E-state index contributed by atoms with van der Waals surface area (Å²) in [5, 5.41) is 8.48. The van der Waals surface area contributed by atoms with Gasteiger partial charge in [-0.2, -0.15) is 0 Å². The minimum Gasteiger partial charge on any atom is -0.350 e. The molecule has 0 fully saturated rings. The summed E-state index contributed by atoms with van der Waals surface area (Å²) in [6.45, 7) is 7.98. The van der Waals surface area contributed by atoms with Gasteiger partial charge in [0.15, 0.2) is 4.96 Å². The normalized spacial score (nSPS) is 11.3. The minimum atomic E-state index is -0.502. The largest absolute Gasteiger partial charge is 0.350 e. The Balaban J connectivity index is 1.28. The Bertz CT molecular complexity index is 1400. The van der Waals surface area contributed by atoms with Gasteiger partial charge in [-0.1, -0.05) is 62.4 Å². The first-order valence-electron chi connectivity index (χ1n) is 11.7. The molecular formula is C27H29N5O3S. The maximum Gasteiger partial charge on any atom is 0.263 e. The molecule has 2 heterocycles. The van der Waals surface area contributed by atoms with Gasteiger partial charge < -0.3 is 16.0 Å². The number of thiazole rings is 1. The van der Waals surface area contributed by atoms with Crippen LogP contribution in [0.25, 0.3) is 16.2 Å². The van der Waals surface area contributed by atoms with Crippen molar-refractivity contribution < 1.29 is 14.4 Å². The van der Waals surface area contributed by atoms with Crippen molar-refractivity contribution in [2.45, 2.75) is 27.7 Å². The molecule has 0 unspecified atom stereocenters. The highest BCUT2D eigenvalue weighted by atomic mass is 32.1. The number of carbonyl (C=O) groups excluding carboxylic acids is 3. The Morgan fingerprint density at radius 3 is 2.17 bits per heavy atom. The van der Waals surface area contributed by atoms with Crippen molar-refractivity contribution in [3.8, 4) is 11.3 Å². The predicted molar refractivity (Wildman–Crippen MR) is 142 cm³/mol. The van der Waals surface area contributed by atoms with E-state index in [9.17, 15) is 14.4 Å². The first kappa shape index (κ1) is 25.1. The third-order valence-corrected chi connectivity index (χ3v) is 6.77. The summed E-state index contributed by atoms with van der Waals surface area (Å²) in [6, 6.07) is 16.6. The Morgan fingerprint density at radius 2 is 1.56 bits per heavy atom. The summed E-state index contributed by atoms with van der Waals surface area (Å²) in [6.07, 6.45) is 1.94. The van der Waals surface area contributed by atoms with Crippen LogP contribution in [0.15, 0.2) is 60.8 Å². The van der Waals surface area contributed by atoms with Crippen LogP contribution in [-0.2, 0) is 4.79 Å². The number of imidazole rings is 1. The number of aryl methyl sites for hydroxylation is 1. The number of benzene rings is 2. The van der Waals surface area contributed by atoms with E-state index in [4.69, 9.17) is 0 Å². The van der Waals surface area contributed by atoms with Crippen molar-refractivity contribution in [1.82, 2.24) is 20.0 Å². The predicted octanol–water partition coefficient (Wildman–Crippen LogP) is 4.52. The standard InChI is InChI=1S/C27H29N5O3S/c1-17-22(36-26-31-21(16-32(17)26)18-8-6-5-7-9-18)24(34)29-15-14-28-23(33)19-10-12-20(13-11-19)30-25(35)27(2,3)4/h5-13,16H,14-15H2,1-4H3,(H,28,33)(H,29,34)(H,30,35). The molecule has 9 heteroatoms. The van der Waals surface area contributed by atoms with Crippen molar-refractivity contribution in [1.29, 1.82) is 0 Å². The van der Waals surface area contributed by atoms with Gasteiger partial charge in [-0.25, -0.2) is 4.98 Å². The quantitative estimate of drug-likeness (QED) is 0.323. The fraction of sp³-hybridized carbons (Fsp3) is 0.259.